The Balaban J connectivity index is 2.58. The van der Waals surface area contributed by atoms with Gasteiger partial charge in [0.2, 0.25) is 0 Å². The van der Waals surface area contributed by atoms with Crippen LogP contribution in [0.4, 0.5) is 17.6 Å². The van der Waals surface area contributed by atoms with E-state index in [-0.39, 0.29) is 11.1 Å². The Labute approximate surface area is 115 Å². The number of hydrogen-bond acceptors (Lipinski definition) is 0. The Morgan fingerprint density at radius 3 is 1.20 bits per heavy atom. The zero-order valence-corrected chi connectivity index (χ0v) is 11.1. The smallest absolute Gasteiger partial charge is 0.194 e. The maximum Gasteiger partial charge on any atom is 0.340 e. The molecule has 0 saturated carbocycles. The van der Waals surface area contributed by atoms with Crippen LogP contribution in [-0.2, 0) is 11.8 Å². The van der Waals surface area contributed by atoms with E-state index in [9.17, 15) is 17.6 Å². The van der Waals surface area contributed by atoms with Crippen molar-refractivity contribution in [3.8, 4) is 0 Å². The molecule has 106 valence electrons. The molecule has 0 radical (unpaired) electrons. The molecule has 0 unspecified atom stereocenters. The minimum atomic E-state index is -4.26. The van der Waals surface area contributed by atoms with Gasteiger partial charge in [0.1, 0.15) is 0 Å². The molecule has 4 heteroatoms. The van der Waals surface area contributed by atoms with E-state index in [1.54, 1.807) is 12.1 Å². The molecule has 0 fully saturated rings. The molecule has 0 spiro atoms. The third-order valence-electron chi connectivity index (χ3n) is 3.36. The minimum absolute atomic E-state index is 0.144. The van der Waals surface area contributed by atoms with Gasteiger partial charge in [0.15, 0.2) is 0 Å². The van der Waals surface area contributed by atoms with Crippen molar-refractivity contribution < 1.29 is 17.6 Å². The van der Waals surface area contributed by atoms with Crippen LogP contribution in [0.5, 0.6) is 0 Å². The fraction of sp³-hybridized carbons (Fsp3) is 0.250. The summed E-state index contributed by atoms with van der Waals surface area (Å²) < 4.78 is 57.2. The minimum Gasteiger partial charge on any atom is -0.194 e. The molecule has 0 aromatic heterocycles. The zero-order chi connectivity index (χ0) is 15.0. The van der Waals surface area contributed by atoms with Gasteiger partial charge in [0.05, 0.1) is 0 Å². The molecule has 0 bridgehead atoms. The fourth-order valence-electron chi connectivity index (χ4n) is 2.19. The van der Waals surface area contributed by atoms with Gasteiger partial charge < -0.3 is 0 Å². The van der Waals surface area contributed by atoms with E-state index in [0.29, 0.717) is 0 Å². The molecule has 0 aliphatic carbocycles. The number of benzene rings is 2. The third-order valence-corrected chi connectivity index (χ3v) is 3.36. The Hall–Kier alpha value is -1.84. The van der Waals surface area contributed by atoms with Crippen LogP contribution in [0.15, 0.2) is 48.5 Å². The Morgan fingerprint density at radius 1 is 0.600 bits per heavy atom. The molecule has 0 N–H and O–H groups in total. The highest BCUT2D eigenvalue weighted by Gasteiger charge is 2.59. The van der Waals surface area contributed by atoms with E-state index in [0.717, 1.165) is 12.1 Å². The van der Waals surface area contributed by atoms with E-state index in [1.807, 2.05) is 0 Å². The van der Waals surface area contributed by atoms with Crippen molar-refractivity contribution in [2.75, 3.05) is 0 Å². The average molecular weight is 282 g/mol. The van der Waals surface area contributed by atoms with E-state index in [2.05, 4.69) is 0 Å². The second-order valence-corrected chi connectivity index (χ2v) is 4.78. The summed E-state index contributed by atoms with van der Waals surface area (Å²) in [5, 5.41) is 0. The summed E-state index contributed by atoms with van der Waals surface area (Å²) >= 11 is 0. The number of hydrogen-bond donors (Lipinski definition) is 0. The van der Waals surface area contributed by atoms with Gasteiger partial charge in [0, 0.05) is 11.1 Å². The van der Waals surface area contributed by atoms with Gasteiger partial charge in [-0.3, -0.25) is 0 Å². The summed E-state index contributed by atoms with van der Waals surface area (Å²) in [6.45, 7) is 2.80. The highest BCUT2D eigenvalue weighted by molar-refractivity contribution is 5.37. The Bertz CT molecular complexity index is 562. The number of aryl methyl sites for hydroxylation is 2. The normalized spacial score (nSPS) is 12.5. The van der Waals surface area contributed by atoms with Crippen LogP contribution in [0, 0.1) is 13.8 Å². The largest absolute Gasteiger partial charge is 0.340 e. The summed E-state index contributed by atoms with van der Waals surface area (Å²) in [4.78, 5) is 0. The van der Waals surface area contributed by atoms with Crippen LogP contribution >= 0.6 is 0 Å². The summed E-state index contributed by atoms with van der Waals surface area (Å²) in [6.07, 6.45) is 0. The molecule has 0 atom stereocenters. The van der Waals surface area contributed by atoms with Crippen molar-refractivity contribution in [2.24, 2.45) is 0 Å². The monoisotopic (exact) mass is 282 g/mol. The van der Waals surface area contributed by atoms with Gasteiger partial charge in [-0.2, -0.15) is 17.6 Å². The van der Waals surface area contributed by atoms with Gasteiger partial charge in [0.25, 0.3) is 0 Å². The first-order valence-electron chi connectivity index (χ1n) is 6.16. The molecular formula is C16H14F4. The van der Waals surface area contributed by atoms with Crippen LogP contribution in [-0.4, -0.2) is 0 Å². The molecule has 0 heterocycles. The van der Waals surface area contributed by atoms with Crippen LogP contribution < -0.4 is 0 Å². The van der Waals surface area contributed by atoms with Gasteiger partial charge in [-0.05, 0) is 25.0 Å². The van der Waals surface area contributed by atoms with E-state index in [1.165, 1.54) is 38.1 Å². The summed E-state index contributed by atoms with van der Waals surface area (Å²) in [7, 11) is 0. The SMILES string of the molecule is Cc1ccccc1C(F)(F)C(F)(F)c1ccccc1C. The molecule has 2 rings (SSSR count). The number of alkyl halides is 4. The van der Waals surface area contributed by atoms with Gasteiger partial charge in [-0.25, -0.2) is 0 Å². The molecule has 0 nitrogen and oxygen atoms in total. The van der Waals surface area contributed by atoms with Crippen LogP contribution in [0.1, 0.15) is 22.3 Å². The Morgan fingerprint density at radius 2 is 0.900 bits per heavy atom. The Kier molecular flexibility index (Phi) is 3.59. The topological polar surface area (TPSA) is 0 Å². The van der Waals surface area contributed by atoms with Crippen molar-refractivity contribution in [3.05, 3.63) is 70.8 Å². The summed E-state index contributed by atoms with van der Waals surface area (Å²) in [5.41, 5.74) is -1.00. The molecular weight excluding hydrogens is 268 g/mol. The second kappa shape index (κ2) is 4.93. The summed E-state index contributed by atoms with van der Waals surface area (Å²) in [5.74, 6) is -8.52. The lowest BCUT2D eigenvalue weighted by Crippen LogP contribution is -2.36. The highest BCUT2D eigenvalue weighted by atomic mass is 19.3. The van der Waals surface area contributed by atoms with Crippen molar-refractivity contribution in [2.45, 2.75) is 25.7 Å². The van der Waals surface area contributed by atoms with Gasteiger partial charge >= 0.3 is 11.8 Å². The standard InChI is InChI=1S/C16H14F4/c1-11-7-3-5-9-13(11)15(17,18)16(19,20)14-10-6-4-8-12(14)2/h3-10H,1-2H3. The zero-order valence-electron chi connectivity index (χ0n) is 11.1. The molecule has 0 aliphatic heterocycles. The fourth-order valence-corrected chi connectivity index (χ4v) is 2.19. The van der Waals surface area contributed by atoms with Crippen molar-refractivity contribution in [3.63, 3.8) is 0 Å². The average Bonchev–Trinajstić information content (AvgIpc) is 2.39. The first kappa shape index (κ1) is 14.6. The van der Waals surface area contributed by atoms with Gasteiger partial charge in [-0.15, -0.1) is 0 Å². The summed E-state index contributed by atoms with van der Waals surface area (Å²) in [6, 6.07) is 10.6. The molecule has 2 aromatic carbocycles. The lowest BCUT2D eigenvalue weighted by atomic mass is 9.91. The quantitative estimate of drug-likeness (QED) is 0.680. The van der Waals surface area contributed by atoms with Crippen molar-refractivity contribution >= 4 is 0 Å². The molecule has 20 heavy (non-hydrogen) atoms. The van der Waals surface area contributed by atoms with E-state index in [4.69, 9.17) is 0 Å². The predicted octanol–water partition coefficient (Wildman–Crippen LogP) is 5.19. The molecule has 0 amide bonds. The maximum absolute atomic E-state index is 14.3. The lowest BCUT2D eigenvalue weighted by Gasteiger charge is -2.29. The maximum atomic E-state index is 14.3. The number of rotatable bonds is 3. The third kappa shape index (κ3) is 2.19. The first-order valence-corrected chi connectivity index (χ1v) is 6.16. The van der Waals surface area contributed by atoms with Crippen LogP contribution in [0.3, 0.4) is 0 Å². The molecule has 0 saturated heterocycles. The predicted molar refractivity (Wildman–Crippen MR) is 70.1 cm³/mol. The van der Waals surface area contributed by atoms with Gasteiger partial charge in [-0.1, -0.05) is 48.5 Å². The van der Waals surface area contributed by atoms with Crippen LogP contribution in [0.25, 0.3) is 0 Å². The number of halogens is 4. The van der Waals surface area contributed by atoms with Crippen LogP contribution in [0.2, 0.25) is 0 Å². The molecule has 2 aromatic rings. The van der Waals surface area contributed by atoms with E-state index >= 15 is 0 Å². The van der Waals surface area contributed by atoms with E-state index < -0.39 is 23.0 Å². The van der Waals surface area contributed by atoms with Crippen molar-refractivity contribution in [1.82, 2.24) is 0 Å². The molecule has 0 aliphatic rings. The lowest BCUT2D eigenvalue weighted by molar-refractivity contribution is -0.224. The highest BCUT2D eigenvalue weighted by Crippen LogP contribution is 2.50. The second-order valence-electron chi connectivity index (χ2n) is 4.78. The first-order chi connectivity index (χ1) is 9.28. The van der Waals surface area contributed by atoms with Crippen molar-refractivity contribution in [1.29, 1.82) is 0 Å².